The fourth-order valence-electron chi connectivity index (χ4n) is 4.78. The summed E-state index contributed by atoms with van der Waals surface area (Å²) in [4.78, 5) is 19.6. The van der Waals surface area contributed by atoms with Gasteiger partial charge in [0.1, 0.15) is 5.94 Å². The van der Waals surface area contributed by atoms with Gasteiger partial charge in [-0.15, -0.1) is 0 Å². The zero-order chi connectivity index (χ0) is 21.0. The van der Waals surface area contributed by atoms with Crippen molar-refractivity contribution in [1.82, 2.24) is 0 Å². The quantitative estimate of drug-likeness (QED) is 0.510. The van der Waals surface area contributed by atoms with Crippen molar-refractivity contribution in [3.8, 4) is 11.1 Å². The Labute approximate surface area is 182 Å². The highest BCUT2D eigenvalue weighted by molar-refractivity contribution is 5.91. The number of benzene rings is 3. The van der Waals surface area contributed by atoms with E-state index in [1.165, 1.54) is 27.8 Å². The van der Waals surface area contributed by atoms with E-state index in [0.29, 0.717) is 0 Å². The van der Waals surface area contributed by atoms with Gasteiger partial charge in [0.2, 0.25) is 0 Å². The predicted molar refractivity (Wildman–Crippen MR) is 124 cm³/mol. The van der Waals surface area contributed by atoms with Crippen LogP contribution in [0.3, 0.4) is 0 Å². The van der Waals surface area contributed by atoms with E-state index in [9.17, 15) is 4.79 Å². The lowest BCUT2D eigenvalue weighted by molar-refractivity contribution is 0.568. The minimum Gasteiger partial charge on any atom is -0.279 e. The highest BCUT2D eigenvalue weighted by Gasteiger charge is 2.24. The standard InChI is InChI=1S/C19H16O.C9H8N2/c20-12-14-5-3-7-17-16(14)10-11-18-15-6-2-1-4-13(15)8-9-19(17)18;1-2-5-9-8(4-1)10-6-3-7-11-9/h1-2,4,6,10-11H,3,5,7-9H2;1-6H,7H2. The Bertz CT molecular complexity index is 1340. The second-order valence-electron chi connectivity index (χ2n) is 8.05. The molecule has 0 unspecified atom stereocenters. The van der Waals surface area contributed by atoms with E-state index in [0.717, 1.165) is 60.5 Å². The minimum absolute atomic E-state index is 0.737. The lowest BCUT2D eigenvalue weighted by Gasteiger charge is -2.27. The van der Waals surface area contributed by atoms with Crippen LogP contribution >= 0.6 is 0 Å². The minimum atomic E-state index is 0.737. The van der Waals surface area contributed by atoms with Crippen LogP contribution in [0, 0.1) is 0 Å². The van der Waals surface area contributed by atoms with Crippen LogP contribution in [0.2, 0.25) is 0 Å². The van der Waals surface area contributed by atoms with Gasteiger partial charge in [0, 0.05) is 11.8 Å². The summed E-state index contributed by atoms with van der Waals surface area (Å²) in [6.07, 6.45) is 9.02. The molecule has 0 bridgehead atoms. The van der Waals surface area contributed by atoms with Gasteiger partial charge in [-0.25, -0.2) is 4.79 Å². The summed E-state index contributed by atoms with van der Waals surface area (Å²) in [5, 5.41) is 1.94. The maximum atomic E-state index is 11.1. The molecule has 0 radical (unpaired) electrons. The van der Waals surface area contributed by atoms with E-state index >= 15 is 0 Å². The molecular formula is C28H24N2O. The van der Waals surface area contributed by atoms with Crippen molar-refractivity contribution in [2.75, 3.05) is 6.54 Å². The number of hydrogen-bond donors (Lipinski definition) is 0. The molecule has 3 aromatic carbocycles. The Balaban J connectivity index is 0.000000157. The zero-order valence-corrected chi connectivity index (χ0v) is 17.5. The van der Waals surface area contributed by atoms with E-state index in [4.69, 9.17) is 0 Å². The number of rotatable bonds is 0. The van der Waals surface area contributed by atoms with Crippen molar-refractivity contribution >= 4 is 11.5 Å². The van der Waals surface area contributed by atoms with Gasteiger partial charge in [-0.2, -0.15) is 0 Å². The van der Waals surface area contributed by atoms with E-state index in [2.05, 4.69) is 52.3 Å². The molecule has 0 saturated heterocycles. The van der Waals surface area contributed by atoms with Gasteiger partial charge in [-0.05, 0) is 83.7 Å². The molecule has 3 aromatic rings. The molecule has 0 aromatic heterocycles. The van der Waals surface area contributed by atoms with Gasteiger partial charge in [0.05, 0.1) is 17.3 Å². The molecule has 0 atom stereocenters. The molecule has 6 rings (SSSR count). The fourth-order valence-corrected chi connectivity index (χ4v) is 4.78. The molecule has 3 aliphatic rings. The van der Waals surface area contributed by atoms with E-state index in [1.54, 1.807) is 6.20 Å². The lowest BCUT2D eigenvalue weighted by atomic mass is 9.77. The highest BCUT2D eigenvalue weighted by Crippen LogP contribution is 2.40. The molecule has 0 N–H and O–H groups in total. The fraction of sp³-hybridized carbons (Fsp3) is 0.214. The molecule has 31 heavy (non-hydrogen) atoms. The number of aryl methyl sites for hydroxylation is 1. The first-order valence-corrected chi connectivity index (χ1v) is 10.9. The summed E-state index contributed by atoms with van der Waals surface area (Å²) in [5.41, 5.74) is 9.09. The van der Waals surface area contributed by atoms with Gasteiger partial charge < -0.3 is 0 Å². The summed E-state index contributed by atoms with van der Waals surface area (Å²) >= 11 is 0. The van der Waals surface area contributed by atoms with Crippen LogP contribution in [-0.2, 0) is 24.1 Å². The molecule has 3 nitrogen and oxygen atoms in total. The van der Waals surface area contributed by atoms with Crippen molar-refractivity contribution in [2.24, 2.45) is 9.98 Å². The molecule has 0 spiro atoms. The molecule has 1 heterocycles. The molecule has 0 saturated carbocycles. The number of hydrogen-bond acceptors (Lipinski definition) is 3. The number of para-hydroxylation sites is 2. The second kappa shape index (κ2) is 8.67. The SMILES string of the molecule is C1=CN=c2ccccc2=NC1.O=C=C1CCCc2c1ccc1c2CCc2ccccc2-1. The van der Waals surface area contributed by atoms with E-state index < -0.39 is 0 Å². The third kappa shape index (κ3) is 3.81. The van der Waals surface area contributed by atoms with Crippen molar-refractivity contribution in [3.05, 3.63) is 106 Å². The van der Waals surface area contributed by atoms with Crippen LogP contribution < -0.4 is 10.7 Å². The molecular weight excluding hydrogens is 380 g/mol. The van der Waals surface area contributed by atoms with Crippen LogP contribution in [0.1, 0.15) is 35.1 Å². The van der Waals surface area contributed by atoms with Crippen molar-refractivity contribution in [2.45, 2.75) is 32.1 Å². The van der Waals surface area contributed by atoms with Crippen LogP contribution in [-0.4, -0.2) is 12.5 Å². The largest absolute Gasteiger partial charge is 0.279 e. The van der Waals surface area contributed by atoms with Gasteiger partial charge in [-0.1, -0.05) is 48.5 Å². The monoisotopic (exact) mass is 404 g/mol. The summed E-state index contributed by atoms with van der Waals surface area (Å²) in [6, 6.07) is 20.9. The number of fused-ring (bicyclic) bond motifs is 6. The van der Waals surface area contributed by atoms with Crippen LogP contribution in [0.15, 0.2) is 82.9 Å². The average Bonchev–Trinajstić information content (AvgIpc) is 3.09. The van der Waals surface area contributed by atoms with Gasteiger partial charge in [0.15, 0.2) is 0 Å². The van der Waals surface area contributed by atoms with Crippen molar-refractivity contribution < 1.29 is 4.79 Å². The van der Waals surface area contributed by atoms with Crippen molar-refractivity contribution in [1.29, 1.82) is 0 Å². The number of carbonyl (C=O) groups excluding carboxylic acids is 1. The molecule has 2 aliphatic carbocycles. The Kier molecular flexibility index (Phi) is 5.43. The summed E-state index contributed by atoms with van der Waals surface area (Å²) < 4.78 is 0. The van der Waals surface area contributed by atoms with E-state index in [1.807, 2.05) is 30.3 Å². The topological polar surface area (TPSA) is 41.8 Å². The highest BCUT2D eigenvalue weighted by atomic mass is 16.1. The third-order valence-electron chi connectivity index (χ3n) is 6.25. The first-order chi connectivity index (χ1) is 15.3. The third-order valence-corrected chi connectivity index (χ3v) is 6.25. The summed E-state index contributed by atoms with van der Waals surface area (Å²) in [7, 11) is 0. The van der Waals surface area contributed by atoms with Crippen LogP contribution in [0.4, 0.5) is 0 Å². The van der Waals surface area contributed by atoms with Gasteiger partial charge in [-0.3, -0.25) is 9.98 Å². The van der Waals surface area contributed by atoms with E-state index in [-0.39, 0.29) is 0 Å². The van der Waals surface area contributed by atoms with Crippen molar-refractivity contribution in [3.63, 3.8) is 0 Å². The summed E-state index contributed by atoms with van der Waals surface area (Å²) in [5.74, 6) is 2.15. The van der Waals surface area contributed by atoms with Gasteiger partial charge in [0.25, 0.3) is 0 Å². The Morgan fingerprint density at radius 3 is 2.39 bits per heavy atom. The zero-order valence-electron chi connectivity index (χ0n) is 17.5. The Morgan fingerprint density at radius 2 is 1.48 bits per heavy atom. The lowest BCUT2D eigenvalue weighted by Crippen LogP contribution is -2.23. The first kappa shape index (κ1) is 19.4. The Morgan fingerprint density at radius 1 is 0.710 bits per heavy atom. The molecule has 0 fully saturated rings. The van der Waals surface area contributed by atoms with Gasteiger partial charge >= 0.3 is 0 Å². The normalized spacial score (nSPS) is 15.3. The number of allylic oxidation sites excluding steroid dienone is 1. The van der Waals surface area contributed by atoms with Crippen LogP contribution in [0.25, 0.3) is 16.7 Å². The smallest absolute Gasteiger partial charge is 0.128 e. The maximum absolute atomic E-state index is 11.1. The summed E-state index contributed by atoms with van der Waals surface area (Å²) in [6.45, 7) is 0.737. The molecule has 0 amide bonds. The first-order valence-electron chi connectivity index (χ1n) is 10.9. The maximum Gasteiger partial charge on any atom is 0.128 e. The molecule has 3 heteroatoms. The second-order valence-corrected chi connectivity index (χ2v) is 8.05. The average molecular weight is 405 g/mol. The molecule has 152 valence electrons. The Hall–Kier alpha value is -3.55. The van der Waals surface area contributed by atoms with Crippen LogP contribution in [0.5, 0.6) is 0 Å². The number of nitrogens with zero attached hydrogens (tertiary/aromatic N) is 2. The predicted octanol–water partition coefficient (Wildman–Crippen LogP) is 4.46. The molecule has 1 aliphatic heterocycles.